The van der Waals surface area contributed by atoms with Crippen molar-refractivity contribution in [1.29, 1.82) is 0 Å². The van der Waals surface area contributed by atoms with Gasteiger partial charge in [-0.2, -0.15) is 5.10 Å². The number of anilines is 2. The number of nitrogens with one attached hydrogen (secondary N) is 2. The van der Waals surface area contributed by atoms with Gasteiger partial charge in [0.25, 0.3) is 0 Å². The molecule has 8 heteroatoms. The van der Waals surface area contributed by atoms with E-state index in [4.69, 9.17) is 15.5 Å². The van der Waals surface area contributed by atoms with E-state index in [1.54, 1.807) is 0 Å². The van der Waals surface area contributed by atoms with Crippen LogP contribution < -0.4 is 11.1 Å². The number of ether oxygens (including phenoxy) is 1. The molecule has 0 unspecified atom stereocenters. The fourth-order valence-electron chi connectivity index (χ4n) is 3.59. The van der Waals surface area contributed by atoms with Crippen LogP contribution in [-0.2, 0) is 17.7 Å². The summed E-state index contributed by atoms with van der Waals surface area (Å²) in [4.78, 5) is 9.46. The summed E-state index contributed by atoms with van der Waals surface area (Å²) in [5, 5.41) is 11.7. The third kappa shape index (κ3) is 2.92. The van der Waals surface area contributed by atoms with Gasteiger partial charge in [-0.05, 0) is 19.0 Å². The molecule has 4 rings (SSSR count). The minimum atomic E-state index is 0.623. The first-order valence-electron chi connectivity index (χ1n) is 8.60. The number of pyridine rings is 1. The molecule has 8 nitrogen and oxygen atoms in total. The fourth-order valence-corrected chi connectivity index (χ4v) is 3.59. The van der Waals surface area contributed by atoms with E-state index in [1.807, 2.05) is 0 Å². The van der Waals surface area contributed by atoms with Gasteiger partial charge in [-0.25, -0.2) is 4.98 Å². The Kier molecular flexibility index (Phi) is 4.26. The second kappa shape index (κ2) is 6.54. The number of H-pyrrole nitrogens is 1. The van der Waals surface area contributed by atoms with Gasteiger partial charge >= 0.3 is 0 Å². The minimum absolute atomic E-state index is 0.623. The van der Waals surface area contributed by atoms with E-state index in [9.17, 15) is 0 Å². The number of rotatable bonds is 4. The Morgan fingerprint density at radius 1 is 1.25 bits per heavy atom. The quantitative estimate of drug-likeness (QED) is 0.740. The van der Waals surface area contributed by atoms with Crippen molar-refractivity contribution >= 4 is 22.7 Å². The Labute approximate surface area is 141 Å². The van der Waals surface area contributed by atoms with E-state index >= 15 is 0 Å². The molecule has 2 aliphatic heterocycles. The molecule has 130 valence electrons. The van der Waals surface area contributed by atoms with Crippen molar-refractivity contribution in [3.63, 3.8) is 0 Å². The Morgan fingerprint density at radius 3 is 2.92 bits per heavy atom. The minimum Gasteiger partial charge on any atom is -0.384 e. The molecule has 4 heterocycles. The largest absolute Gasteiger partial charge is 0.384 e. The summed E-state index contributed by atoms with van der Waals surface area (Å²) in [5.41, 5.74) is 9.33. The van der Waals surface area contributed by atoms with Crippen LogP contribution in [0.25, 0.3) is 11.0 Å². The third-order valence-electron chi connectivity index (χ3n) is 4.94. The molecule has 0 bridgehead atoms. The van der Waals surface area contributed by atoms with Gasteiger partial charge in [-0.15, -0.1) is 0 Å². The number of morpholine rings is 1. The summed E-state index contributed by atoms with van der Waals surface area (Å²) >= 11 is 0. The maximum Gasteiger partial charge on any atom is 0.185 e. The number of fused-ring (bicyclic) bond motifs is 3. The van der Waals surface area contributed by atoms with Gasteiger partial charge in [-0.1, -0.05) is 0 Å². The zero-order valence-corrected chi connectivity index (χ0v) is 14.1. The van der Waals surface area contributed by atoms with Crippen LogP contribution in [0, 0.1) is 0 Å². The smallest absolute Gasteiger partial charge is 0.185 e. The van der Waals surface area contributed by atoms with Gasteiger partial charge < -0.3 is 20.7 Å². The van der Waals surface area contributed by atoms with E-state index in [-0.39, 0.29) is 0 Å². The van der Waals surface area contributed by atoms with Crippen molar-refractivity contribution in [2.45, 2.75) is 13.0 Å². The summed E-state index contributed by atoms with van der Waals surface area (Å²) in [5.74, 6) is 1.57. The van der Waals surface area contributed by atoms with Crippen LogP contribution in [0.1, 0.15) is 11.1 Å². The summed E-state index contributed by atoms with van der Waals surface area (Å²) in [6.07, 6.45) is 0.979. The van der Waals surface area contributed by atoms with Crippen LogP contribution >= 0.6 is 0 Å². The average molecular weight is 331 g/mol. The molecule has 0 radical (unpaired) electrons. The van der Waals surface area contributed by atoms with Gasteiger partial charge in [0.2, 0.25) is 0 Å². The lowest BCUT2D eigenvalue weighted by Gasteiger charge is -2.29. The number of aromatic amines is 1. The Morgan fingerprint density at radius 2 is 2.08 bits per heavy atom. The highest BCUT2D eigenvalue weighted by atomic mass is 16.5. The van der Waals surface area contributed by atoms with Gasteiger partial charge in [-0.3, -0.25) is 10.00 Å². The van der Waals surface area contributed by atoms with Gasteiger partial charge in [0, 0.05) is 44.8 Å². The van der Waals surface area contributed by atoms with Gasteiger partial charge in [0.15, 0.2) is 5.65 Å². The normalized spacial score (nSPS) is 19.5. The van der Waals surface area contributed by atoms with Crippen molar-refractivity contribution < 1.29 is 4.74 Å². The molecule has 2 aromatic rings. The van der Waals surface area contributed by atoms with E-state index in [0.717, 1.165) is 70.1 Å². The molecule has 0 aliphatic carbocycles. The topological polar surface area (TPSA) is 95.3 Å². The van der Waals surface area contributed by atoms with Crippen molar-refractivity contribution in [2.24, 2.45) is 0 Å². The van der Waals surface area contributed by atoms with E-state index in [2.05, 4.69) is 32.4 Å². The molecule has 0 atom stereocenters. The van der Waals surface area contributed by atoms with E-state index in [0.29, 0.717) is 11.5 Å². The summed E-state index contributed by atoms with van der Waals surface area (Å²) < 4.78 is 5.40. The summed E-state index contributed by atoms with van der Waals surface area (Å²) in [6.45, 7) is 7.46. The van der Waals surface area contributed by atoms with Crippen LogP contribution in [-0.4, -0.2) is 78.0 Å². The molecule has 0 amide bonds. The molecule has 2 aromatic heterocycles. The van der Waals surface area contributed by atoms with E-state index < -0.39 is 0 Å². The Hall–Kier alpha value is -1.90. The highest BCUT2D eigenvalue weighted by Gasteiger charge is 2.23. The van der Waals surface area contributed by atoms with Crippen LogP contribution in [0.15, 0.2) is 0 Å². The maximum atomic E-state index is 6.07. The number of aromatic nitrogens is 3. The molecule has 0 spiro atoms. The first-order valence-corrected chi connectivity index (χ1v) is 8.60. The van der Waals surface area contributed by atoms with E-state index in [1.165, 1.54) is 11.1 Å². The lowest BCUT2D eigenvalue weighted by molar-refractivity contribution is 0.0398. The fraction of sp³-hybridized carbons (Fsp3) is 0.625. The molecule has 0 aromatic carbocycles. The molecular formula is C16H25N7O. The number of nitrogens with zero attached hydrogens (tertiary/aromatic N) is 4. The molecule has 1 fully saturated rings. The van der Waals surface area contributed by atoms with Crippen molar-refractivity contribution in [3.05, 3.63) is 11.1 Å². The van der Waals surface area contributed by atoms with Crippen LogP contribution in [0.5, 0.6) is 0 Å². The lowest BCUT2D eigenvalue weighted by atomic mass is 9.98. The standard InChI is InChI=1S/C16H25N7O/c1-22-4-2-11-12(10-22)15(19-16-13(11)14(17)20-21-16)18-3-5-23-6-8-24-9-7-23/h2-10H2,1H3,(H4,17,18,19,20,21). The zero-order chi connectivity index (χ0) is 16.5. The van der Waals surface area contributed by atoms with Crippen LogP contribution in [0.2, 0.25) is 0 Å². The van der Waals surface area contributed by atoms with Crippen LogP contribution in [0.3, 0.4) is 0 Å². The SMILES string of the molecule is CN1CCc2c(c(NCCN3CCOCC3)nc3n[nH]c(N)c23)C1. The van der Waals surface area contributed by atoms with Crippen molar-refractivity contribution in [2.75, 3.05) is 64.0 Å². The second-order valence-corrected chi connectivity index (χ2v) is 6.62. The lowest BCUT2D eigenvalue weighted by Crippen LogP contribution is -2.39. The molecule has 0 saturated carbocycles. The number of nitrogens with two attached hydrogens (primary N) is 1. The summed E-state index contributed by atoms with van der Waals surface area (Å²) in [7, 11) is 2.14. The molecule has 1 saturated heterocycles. The third-order valence-corrected chi connectivity index (χ3v) is 4.94. The molecular weight excluding hydrogens is 306 g/mol. The number of nitrogen functional groups attached to an aromatic ring is 1. The zero-order valence-electron chi connectivity index (χ0n) is 14.1. The first kappa shape index (κ1) is 15.6. The van der Waals surface area contributed by atoms with Gasteiger partial charge in [0.1, 0.15) is 11.6 Å². The average Bonchev–Trinajstić information content (AvgIpc) is 2.97. The van der Waals surface area contributed by atoms with Crippen molar-refractivity contribution in [3.8, 4) is 0 Å². The Bertz CT molecular complexity index is 723. The molecule has 4 N–H and O–H groups in total. The van der Waals surface area contributed by atoms with Gasteiger partial charge in [0.05, 0.1) is 18.6 Å². The predicted molar refractivity (Wildman–Crippen MR) is 94.1 cm³/mol. The monoisotopic (exact) mass is 331 g/mol. The Balaban J connectivity index is 1.56. The first-order chi connectivity index (χ1) is 11.7. The highest BCUT2D eigenvalue weighted by Crippen LogP contribution is 2.32. The number of likely N-dealkylation sites (N-methyl/N-ethyl adjacent to an activating group) is 1. The predicted octanol–water partition coefficient (Wildman–Crippen LogP) is 0.272. The second-order valence-electron chi connectivity index (χ2n) is 6.62. The number of hydrogen-bond donors (Lipinski definition) is 3. The molecule has 2 aliphatic rings. The van der Waals surface area contributed by atoms with Crippen molar-refractivity contribution in [1.82, 2.24) is 25.0 Å². The van der Waals surface area contributed by atoms with Crippen LogP contribution in [0.4, 0.5) is 11.6 Å². The highest BCUT2D eigenvalue weighted by molar-refractivity contribution is 5.92. The maximum absolute atomic E-state index is 6.07. The number of hydrogen-bond acceptors (Lipinski definition) is 7. The molecule has 24 heavy (non-hydrogen) atoms. The summed E-state index contributed by atoms with van der Waals surface area (Å²) in [6, 6.07) is 0.